The summed E-state index contributed by atoms with van der Waals surface area (Å²) in [5.74, 6) is 1.64. The van der Waals surface area contributed by atoms with Crippen LogP contribution in [0.25, 0.3) is 39.5 Å². The van der Waals surface area contributed by atoms with Crippen LogP contribution in [-0.4, -0.2) is 104 Å². The second-order valence-electron chi connectivity index (χ2n) is 14.0. The number of carbonyl (C=O) groups is 1. The summed E-state index contributed by atoms with van der Waals surface area (Å²) < 4.78 is 29.7. The number of hydrogen-bond donors (Lipinski definition) is 4. The van der Waals surface area contributed by atoms with Gasteiger partial charge in [0.1, 0.15) is 17.7 Å². The van der Waals surface area contributed by atoms with Crippen LogP contribution in [0.1, 0.15) is 42.5 Å². The quantitative estimate of drug-likeness (QED) is 0.0985. The summed E-state index contributed by atoms with van der Waals surface area (Å²) in [5, 5.41) is 54.5. The summed E-state index contributed by atoms with van der Waals surface area (Å²) in [6, 6.07) is 20.7. The van der Waals surface area contributed by atoms with E-state index in [-0.39, 0.29) is 42.3 Å². The van der Waals surface area contributed by atoms with Gasteiger partial charge >= 0.3 is 12.1 Å². The number of piperazine rings is 1. The Morgan fingerprint density at radius 1 is 0.845 bits per heavy atom. The zero-order valence-electron chi connectivity index (χ0n) is 32.8. The van der Waals surface area contributed by atoms with E-state index in [1.807, 2.05) is 50.2 Å². The molecule has 1 amide bonds. The molecule has 1 aliphatic rings. The van der Waals surface area contributed by atoms with Crippen molar-refractivity contribution >= 4 is 6.09 Å². The SMILES string of the molecule is COc1cc(-c2oncc2-c2ccccc2C2CN(C(=O)O)C(OC)CN2Cc2ccc(-n3c(O)nnc3-c3cc(C(C)C)c(O)cc3O)cc2)cc(OC)c1OC. The summed E-state index contributed by atoms with van der Waals surface area (Å²) in [4.78, 5) is 16.1. The van der Waals surface area contributed by atoms with Crippen molar-refractivity contribution in [3.05, 3.63) is 95.7 Å². The highest BCUT2D eigenvalue weighted by Crippen LogP contribution is 2.45. The van der Waals surface area contributed by atoms with E-state index in [9.17, 15) is 25.2 Å². The number of phenolic OH excluding ortho intramolecular Hbond substituents is 2. The van der Waals surface area contributed by atoms with Crippen molar-refractivity contribution in [2.45, 2.75) is 38.6 Å². The van der Waals surface area contributed by atoms with Crippen LogP contribution in [-0.2, 0) is 11.3 Å². The lowest BCUT2D eigenvalue weighted by Gasteiger charge is -2.45. The van der Waals surface area contributed by atoms with Crippen LogP contribution in [0.15, 0.2) is 83.5 Å². The topological polar surface area (TPSA) is 198 Å². The van der Waals surface area contributed by atoms with Crippen LogP contribution < -0.4 is 14.2 Å². The van der Waals surface area contributed by atoms with Gasteiger partial charge in [-0.05, 0) is 58.5 Å². The molecule has 3 heterocycles. The molecule has 7 rings (SSSR count). The Hall–Kier alpha value is -6.78. The number of ether oxygens (including phenoxy) is 4. The smallest absolute Gasteiger partial charge is 0.409 e. The molecule has 2 unspecified atom stereocenters. The third-order valence-electron chi connectivity index (χ3n) is 10.4. The van der Waals surface area contributed by atoms with Crippen molar-refractivity contribution in [2.75, 3.05) is 41.5 Å². The summed E-state index contributed by atoms with van der Waals surface area (Å²) in [6.07, 6.45) is -0.214. The second kappa shape index (κ2) is 16.4. The molecule has 1 saturated heterocycles. The van der Waals surface area contributed by atoms with E-state index >= 15 is 0 Å². The van der Waals surface area contributed by atoms with Gasteiger partial charge in [-0.25, -0.2) is 9.36 Å². The number of amides is 1. The lowest BCUT2D eigenvalue weighted by Crippen LogP contribution is -2.56. The number of hydrogen-bond acceptors (Lipinski definition) is 13. The average Bonchev–Trinajstić information content (AvgIpc) is 3.87. The zero-order chi connectivity index (χ0) is 41.2. The number of carboxylic acid groups (broad SMARTS) is 1. The van der Waals surface area contributed by atoms with Gasteiger partial charge in [-0.15, -0.1) is 5.10 Å². The van der Waals surface area contributed by atoms with Gasteiger partial charge < -0.3 is 43.9 Å². The van der Waals surface area contributed by atoms with E-state index in [4.69, 9.17) is 23.5 Å². The summed E-state index contributed by atoms with van der Waals surface area (Å²) in [6.45, 7) is 4.58. The van der Waals surface area contributed by atoms with E-state index in [1.54, 1.807) is 36.5 Å². The first-order valence-electron chi connectivity index (χ1n) is 18.4. The Labute approximate surface area is 334 Å². The standard InChI is InChI=1S/C42H44N6O10/c1-23(2)29-17-30(34(50)18-33(29)49)40-44-45-41(51)48(40)26-13-11-24(12-14-26)20-46-22-37(56-5)47(42(52)53)21-32(46)28-10-8-7-9-27(28)31-19-43-58-38(31)25-15-35(54-3)39(57-6)36(16-25)55-4/h7-19,23,32,37,49-50H,20-22H2,1-6H3,(H,45,51)(H,52,53). The summed E-state index contributed by atoms with van der Waals surface area (Å²) in [5.41, 5.74) is 5.24. The third kappa shape index (κ3) is 7.30. The molecule has 1 aliphatic heterocycles. The molecule has 2 atom stereocenters. The minimum Gasteiger partial charge on any atom is -0.508 e. The number of methoxy groups -OCH3 is 4. The van der Waals surface area contributed by atoms with E-state index in [2.05, 4.69) is 20.3 Å². The summed E-state index contributed by atoms with van der Waals surface area (Å²) >= 11 is 0. The fourth-order valence-electron chi connectivity index (χ4n) is 7.51. The molecule has 2 aromatic heterocycles. The van der Waals surface area contributed by atoms with Gasteiger partial charge in [0.25, 0.3) is 0 Å². The fraction of sp³-hybridized carbons (Fsp3) is 0.286. The lowest BCUT2D eigenvalue weighted by molar-refractivity contribution is -0.0893. The van der Waals surface area contributed by atoms with Crippen molar-refractivity contribution in [1.29, 1.82) is 0 Å². The molecule has 0 bridgehead atoms. The van der Waals surface area contributed by atoms with Crippen molar-refractivity contribution in [2.24, 2.45) is 0 Å². The molecule has 0 saturated carbocycles. The molecular weight excluding hydrogens is 748 g/mol. The van der Waals surface area contributed by atoms with Crippen molar-refractivity contribution in [3.8, 4) is 74.3 Å². The van der Waals surface area contributed by atoms with Crippen LogP contribution in [0.3, 0.4) is 0 Å². The lowest BCUT2D eigenvalue weighted by atomic mass is 9.91. The molecule has 0 aliphatic carbocycles. The molecule has 0 spiro atoms. The highest BCUT2D eigenvalue weighted by Gasteiger charge is 2.39. The largest absolute Gasteiger partial charge is 0.508 e. The minimum atomic E-state index is -1.11. The van der Waals surface area contributed by atoms with Crippen molar-refractivity contribution < 1.29 is 48.7 Å². The van der Waals surface area contributed by atoms with Gasteiger partial charge in [0.05, 0.1) is 44.8 Å². The molecule has 0 radical (unpaired) electrons. The van der Waals surface area contributed by atoms with Crippen LogP contribution in [0.4, 0.5) is 4.79 Å². The second-order valence-corrected chi connectivity index (χ2v) is 14.0. The first-order valence-corrected chi connectivity index (χ1v) is 18.4. The predicted molar refractivity (Wildman–Crippen MR) is 212 cm³/mol. The number of rotatable bonds is 12. The molecule has 4 N–H and O–H groups in total. The molecule has 1 fully saturated rings. The van der Waals surface area contributed by atoms with Crippen LogP contribution in [0, 0.1) is 0 Å². The van der Waals surface area contributed by atoms with E-state index in [1.165, 1.54) is 44.0 Å². The van der Waals surface area contributed by atoms with Crippen LogP contribution in [0.2, 0.25) is 0 Å². The maximum Gasteiger partial charge on any atom is 0.409 e. The zero-order valence-corrected chi connectivity index (χ0v) is 32.8. The van der Waals surface area contributed by atoms with Gasteiger partial charge in [-0.2, -0.15) is 0 Å². The number of phenols is 2. The minimum absolute atomic E-state index is 0.0443. The molecule has 6 aromatic rings. The normalized spacial score (nSPS) is 15.8. The number of benzene rings is 4. The maximum atomic E-state index is 12.6. The molecule has 4 aromatic carbocycles. The van der Waals surface area contributed by atoms with E-state index < -0.39 is 18.4 Å². The number of aromatic nitrogens is 4. The Bertz CT molecular complexity index is 2400. The fourth-order valence-corrected chi connectivity index (χ4v) is 7.51. The van der Waals surface area contributed by atoms with Gasteiger partial charge in [0, 0.05) is 43.9 Å². The van der Waals surface area contributed by atoms with E-state index in [0.29, 0.717) is 57.5 Å². The predicted octanol–water partition coefficient (Wildman–Crippen LogP) is 7.03. The third-order valence-corrected chi connectivity index (χ3v) is 10.4. The number of aromatic hydroxyl groups is 3. The average molecular weight is 793 g/mol. The Balaban J connectivity index is 1.25. The van der Waals surface area contributed by atoms with Crippen molar-refractivity contribution in [1.82, 2.24) is 29.7 Å². The molecule has 58 heavy (non-hydrogen) atoms. The maximum absolute atomic E-state index is 12.6. The monoisotopic (exact) mass is 792 g/mol. The summed E-state index contributed by atoms with van der Waals surface area (Å²) in [7, 11) is 6.08. The Morgan fingerprint density at radius 2 is 1.55 bits per heavy atom. The molecule has 16 heteroatoms. The highest BCUT2D eigenvalue weighted by atomic mass is 16.5. The molecular formula is C42H44N6O10. The first kappa shape index (κ1) is 39.5. The molecule has 16 nitrogen and oxygen atoms in total. The molecule has 302 valence electrons. The highest BCUT2D eigenvalue weighted by molar-refractivity contribution is 5.83. The Kier molecular flexibility index (Phi) is 11.1. The Morgan fingerprint density at radius 3 is 2.19 bits per heavy atom. The van der Waals surface area contributed by atoms with Crippen molar-refractivity contribution in [3.63, 3.8) is 0 Å². The van der Waals surface area contributed by atoms with Gasteiger partial charge in [0.2, 0.25) is 5.75 Å². The first-order chi connectivity index (χ1) is 28.0. The van der Waals surface area contributed by atoms with Gasteiger partial charge in [-0.1, -0.05) is 60.5 Å². The van der Waals surface area contributed by atoms with Crippen LogP contribution >= 0.6 is 0 Å². The van der Waals surface area contributed by atoms with Gasteiger partial charge in [0.15, 0.2) is 23.1 Å². The van der Waals surface area contributed by atoms with Gasteiger partial charge in [-0.3, -0.25) is 9.80 Å². The van der Waals surface area contributed by atoms with E-state index in [0.717, 1.165) is 16.7 Å². The number of nitrogens with zero attached hydrogens (tertiary/aromatic N) is 6. The van der Waals surface area contributed by atoms with Crippen LogP contribution in [0.5, 0.6) is 34.8 Å².